The van der Waals surface area contributed by atoms with Gasteiger partial charge in [0.05, 0.1) is 39.1 Å². The molecule has 42 heavy (non-hydrogen) atoms. The predicted molar refractivity (Wildman–Crippen MR) is 165 cm³/mol. The molecule has 220 valence electrons. The van der Waals surface area contributed by atoms with Crippen LogP contribution in [0.2, 0.25) is 0 Å². The molecule has 1 saturated heterocycles. The molecule has 0 radical (unpaired) electrons. The molecule has 0 spiro atoms. The number of aryl methyl sites for hydroxylation is 1. The molecule has 1 fully saturated rings. The third-order valence-electron chi connectivity index (χ3n) is 7.84. The number of benzene rings is 4. The number of methoxy groups -OCH3 is 1. The second kappa shape index (κ2) is 15.7. The average Bonchev–Trinajstić information content (AvgIpc) is 3.04. The van der Waals surface area contributed by atoms with Crippen molar-refractivity contribution in [2.45, 2.75) is 76.5 Å². The molecule has 0 bridgehead atoms. The molecule has 0 aliphatic carbocycles. The van der Waals surface area contributed by atoms with Crippen LogP contribution in [0, 0.1) is 0 Å². The lowest BCUT2D eigenvalue weighted by Gasteiger charge is -2.45. The second-order valence-corrected chi connectivity index (χ2v) is 10.9. The molecule has 0 aromatic heterocycles. The van der Waals surface area contributed by atoms with Gasteiger partial charge in [0.1, 0.15) is 24.1 Å². The fourth-order valence-electron chi connectivity index (χ4n) is 5.55. The van der Waals surface area contributed by atoms with Crippen molar-refractivity contribution in [1.29, 1.82) is 0 Å². The highest BCUT2D eigenvalue weighted by atomic mass is 16.6. The second-order valence-electron chi connectivity index (χ2n) is 10.9. The number of hydrogen-bond acceptors (Lipinski definition) is 5. The van der Waals surface area contributed by atoms with Gasteiger partial charge in [0.15, 0.2) is 0 Å². The van der Waals surface area contributed by atoms with Crippen molar-refractivity contribution in [1.82, 2.24) is 0 Å². The molecule has 0 N–H and O–H groups in total. The molecule has 1 heterocycles. The molecule has 5 heteroatoms. The van der Waals surface area contributed by atoms with Crippen molar-refractivity contribution in [2.75, 3.05) is 7.11 Å². The van der Waals surface area contributed by atoms with E-state index in [9.17, 15) is 0 Å². The van der Waals surface area contributed by atoms with Crippen LogP contribution in [0.1, 0.15) is 42.0 Å². The molecule has 5 unspecified atom stereocenters. The Morgan fingerprint density at radius 1 is 0.548 bits per heavy atom. The maximum Gasteiger partial charge on any atom is 0.118 e. The van der Waals surface area contributed by atoms with Crippen LogP contribution in [0.3, 0.4) is 0 Å². The van der Waals surface area contributed by atoms with Gasteiger partial charge >= 0.3 is 0 Å². The van der Waals surface area contributed by atoms with Crippen LogP contribution in [0.15, 0.2) is 115 Å². The van der Waals surface area contributed by atoms with E-state index in [1.54, 1.807) is 7.11 Å². The van der Waals surface area contributed by atoms with Gasteiger partial charge in [0.25, 0.3) is 0 Å². The summed E-state index contributed by atoms with van der Waals surface area (Å²) in [5, 5.41) is 0. The Kier molecular flexibility index (Phi) is 11.2. The number of ether oxygens (including phenoxy) is 5. The fraction of sp³-hybridized carbons (Fsp3) is 0.351. The first-order valence-corrected chi connectivity index (χ1v) is 14.9. The van der Waals surface area contributed by atoms with Crippen LogP contribution in [0.5, 0.6) is 5.75 Å². The molecule has 1 aliphatic rings. The van der Waals surface area contributed by atoms with Crippen molar-refractivity contribution in [3.63, 3.8) is 0 Å². The van der Waals surface area contributed by atoms with Crippen molar-refractivity contribution in [3.05, 3.63) is 138 Å². The van der Waals surface area contributed by atoms with Crippen LogP contribution in [0.4, 0.5) is 0 Å². The summed E-state index contributed by atoms with van der Waals surface area (Å²) in [6, 6.07) is 39.1. The first kappa shape index (κ1) is 30.0. The predicted octanol–water partition coefficient (Wildman–Crippen LogP) is 7.56. The van der Waals surface area contributed by atoms with Crippen LogP contribution in [-0.2, 0) is 45.2 Å². The summed E-state index contributed by atoms with van der Waals surface area (Å²) < 4.78 is 32.0. The summed E-state index contributed by atoms with van der Waals surface area (Å²) >= 11 is 0. The zero-order chi connectivity index (χ0) is 29.0. The van der Waals surface area contributed by atoms with E-state index in [0.29, 0.717) is 19.8 Å². The normalized spacial score (nSPS) is 22.1. The highest BCUT2D eigenvalue weighted by molar-refractivity contribution is 5.27. The molecule has 0 amide bonds. The Labute approximate surface area is 250 Å². The third-order valence-corrected chi connectivity index (χ3v) is 7.84. The minimum atomic E-state index is -0.299. The standard InChI is InChI=1S/C37H42O5/c1-28-35(39-25-30-13-6-3-7-14-30)37(41-27-32-17-10-5-11-18-32)36(40-26-31-15-8-4-9-16-31)34(42-28)20-12-19-29-21-23-33(38-2)24-22-29/h3-11,13-18,21-24,28,34-37H,12,19-20,25-27H2,1-2H3. The zero-order valence-corrected chi connectivity index (χ0v) is 24.6. The summed E-state index contributed by atoms with van der Waals surface area (Å²) in [5.41, 5.74) is 4.64. The zero-order valence-electron chi connectivity index (χ0n) is 24.6. The van der Waals surface area contributed by atoms with E-state index in [4.69, 9.17) is 23.7 Å². The van der Waals surface area contributed by atoms with E-state index in [1.165, 1.54) is 5.56 Å². The molecule has 4 aromatic carbocycles. The topological polar surface area (TPSA) is 46.2 Å². The lowest BCUT2D eigenvalue weighted by Crippen LogP contribution is -2.59. The van der Waals surface area contributed by atoms with Gasteiger partial charge in [-0.15, -0.1) is 0 Å². The molecule has 5 rings (SSSR count). The smallest absolute Gasteiger partial charge is 0.118 e. The summed E-state index contributed by atoms with van der Waals surface area (Å²) in [4.78, 5) is 0. The van der Waals surface area contributed by atoms with Gasteiger partial charge in [0, 0.05) is 0 Å². The van der Waals surface area contributed by atoms with E-state index in [2.05, 4.69) is 55.5 Å². The van der Waals surface area contributed by atoms with Gasteiger partial charge in [-0.2, -0.15) is 0 Å². The van der Waals surface area contributed by atoms with Crippen LogP contribution < -0.4 is 4.74 Å². The average molecular weight is 567 g/mol. The molecular formula is C37H42O5. The van der Waals surface area contributed by atoms with Gasteiger partial charge in [-0.05, 0) is 60.6 Å². The van der Waals surface area contributed by atoms with E-state index in [-0.39, 0.29) is 30.5 Å². The minimum Gasteiger partial charge on any atom is -0.497 e. The lowest BCUT2D eigenvalue weighted by atomic mass is 9.91. The quantitative estimate of drug-likeness (QED) is 0.158. The largest absolute Gasteiger partial charge is 0.497 e. The first-order valence-electron chi connectivity index (χ1n) is 14.9. The van der Waals surface area contributed by atoms with Gasteiger partial charge < -0.3 is 23.7 Å². The molecule has 1 aliphatic heterocycles. The number of rotatable bonds is 14. The number of hydrogen-bond donors (Lipinski definition) is 0. The van der Waals surface area contributed by atoms with Crippen molar-refractivity contribution >= 4 is 0 Å². The van der Waals surface area contributed by atoms with E-state index in [1.807, 2.05) is 66.7 Å². The lowest BCUT2D eigenvalue weighted by molar-refractivity contribution is -0.262. The molecule has 0 saturated carbocycles. The Morgan fingerprint density at radius 3 is 1.52 bits per heavy atom. The van der Waals surface area contributed by atoms with Crippen molar-refractivity contribution in [2.24, 2.45) is 0 Å². The Balaban J connectivity index is 1.34. The van der Waals surface area contributed by atoms with E-state index < -0.39 is 0 Å². The van der Waals surface area contributed by atoms with Gasteiger partial charge in [-0.1, -0.05) is 103 Å². The Hall–Kier alpha value is -3.48. The first-order chi connectivity index (χ1) is 20.7. The van der Waals surface area contributed by atoms with Crippen molar-refractivity contribution in [3.8, 4) is 5.75 Å². The Bertz CT molecular complexity index is 1300. The summed E-state index contributed by atoms with van der Waals surface area (Å²) in [5.74, 6) is 0.873. The summed E-state index contributed by atoms with van der Waals surface area (Å²) in [6.07, 6.45) is 1.62. The van der Waals surface area contributed by atoms with Gasteiger partial charge in [-0.3, -0.25) is 0 Å². The maximum absolute atomic E-state index is 6.72. The minimum absolute atomic E-state index is 0.126. The van der Waals surface area contributed by atoms with Crippen LogP contribution >= 0.6 is 0 Å². The Morgan fingerprint density at radius 2 is 1.02 bits per heavy atom. The highest BCUT2D eigenvalue weighted by Gasteiger charge is 2.46. The van der Waals surface area contributed by atoms with E-state index >= 15 is 0 Å². The molecule has 5 nitrogen and oxygen atoms in total. The third kappa shape index (κ3) is 8.52. The SMILES string of the molecule is COc1ccc(CCCC2OC(C)C(OCc3ccccc3)C(OCc3ccccc3)C2OCc2ccccc2)cc1. The molecular weight excluding hydrogens is 524 g/mol. The maximum atomic E-state index is 6.72. The van der Waals surface area contributed by atoms with Crippen molar-refractivity contribution < 1.29 is 23.7 Å². The monoisotopic (exact) mass is 566 g/mol. The van der Waals surface area contributed by atoms with E-state index in [0.717, 1.165) is 41.7 Å². The molecule has 4 aromatic rings. The summed E-state index contributed by atoms with van der Waals surface area (Å²) in [7, 11) is 1.69. The van der Waals surface area contributed by atoms with Crippen LogP contribution in [0.25, 0.3) is 0 Å². The van der Waals surface area contributed by atoms with Gasteiger partial charge in [-0.25, -0.2) is 0 Å². The fourth-order valence-corrected chi connectivity index (χ4v) is 5.55. The molecule has 5 atom stereocenters. The van der Waals surface area contributed by atoms with Crippen LogP contribution in [-0.4, -0.2) is 37.6 Å². The van der Waals surface area contributed by atoms with Gasteiger partial charge in [0.2, 0.25) is 0 Å². The highest BCUT2D eigenvalue weighted by Crippen LogP contribution is 2.32. The summed E-state index contributed by atoms with van der Waals surface area (Å²) in [6.45, 7) is 3.54.